The first-order chi connectivity index (χ1) is 16.6. The van der Waals surface area contributed by atoms with Gasteiger partial charge >= 0.3 is 0 Å². The number of amides is 2. The summed E-state index contributed by atoms with van der Waals surface area (Å²) in [6.07, 6.45) is 14.4. The smallest absolute Gasteiger partial charge is 0.263 e. The molecule has 3 N–H and O–H groups in total. The van der Waals surface area contributed by atoms with E-state index in [0.717, 1.165) is 23.5 Å². The maximum absolute atomic E-state index is 13.1. The lowest BCUT2D eigenvalue weighted by molar-refractivity contribution is -0.118. The summed E-state index contributed by atoms with van der Waals surface area (Å²) in [4.78, 5) is 38.9. The highest BCUT2D eigenvalue weighted by atomic mass is 35.5. The summed E-state index contributed by atoms with van der Waals surface area (Å²) in [6, 6.07) is 4.61. The Balaban J connectivity index is 1.39. The number of carbonyl (C=O) groups is 2. The predicted molar refractivity (Wildman–Crippen MR) is 134 cm³/mol. The average molecular weight is 499 g/mol. The molecule has 3 heterocycles. The largest absolute Gasteiger partial charge is 0.377 e. The zero-order valence-corrected chi connectivity index (χ0v) is 20.2. The molecule has 0 saturated heterocycles. The fraction of sp³-hybridized carbons (Fsp3) is 0.375. The molecular weight excluding hydrogens is 472 g/mol. The first kappa shape index (κ1) is 24.1. The summed E-state index contributed by atoms with van der Waals surface area (Å²) in [5, 5.41) is 10.3. The highest BCUT2D eigenvalue weighted by molar-refractivity contribution is 7.13. The first-order valence-electron chi connectivity index (χ1n) is 11.4. The lowest BCUT2D eigenvalue weighted by atomic mass is 9.84. The molecule has 0 spiro atoms. The first-order valence-corrected chi connectivity index (χ1v) is 12.6. The van der Waals surface area contributed by atoms with Gasteiger partial charge in [0.05, 0.1) is 29.6 Å². The fourth-order valence-corrected chi connectivity index (χ4v) is 5.00. The molecular formula is C24H27ClN6O2S. The molecule has 3 aromatic rings. The summed E-state index contributed by atoms with van der Waals surface area (Å²) in [6.45, 7) is 0.438. The zero-order chi connectivity index (χ0) is 23.8. The van der Waals surface area contributed by atoms with Crippen molar-refractivity contribution in [1.82, 2.24) is 20.3 Å². The second-order valence-electron chi connectivity index (χ2n) is 8.35. The fourth-order valence-electron chi connectivity index (χ4n) is 4.06. The van der Waals surface area contributed by atoms with Crippen molar-refractivity contribution in [2.75, 3.05) is 10.6 Å². The van der Waals surface area contributed by atoms with Crippen LogP contribution in [0.25, 0.3) is 0 Å². The van der Waals surface area contributed by atoms with Crippen LogP contribution in [0.5, 0.6) is 0 Å². The van der Waals surface area contributed by atoms with Gasteiger partial charge < -0.3 is 16.0 Å². The normalized spacial score (nSPS) is 14.9. The number of nitrogens with one attached hydrogen (secondary N) is 3. The number of thiazole rings is 1. The van der Waals surface area contributed by atoms with Gasteiger partial charge in [-0.25, -0.2) is 4.98 Å². The Morgan fingerprint density at radius 3 is 2.62 bits per heavy atom. The van der Waals surface area contributed by atoms with Gasteiger partial charge in [-0.2, -0.15) is 0 Å². The van der Waals surface area contributed by atoms with E-state index in [1.54, 1.807) is 49.2 Å². The molecule has 2 amide bonds. The molecule has 8 nitrogen and oxygen atoms in total. The number of nitrogens with zero attached hydrogens (tertiary/aromatic N) is 3. The van der Waals surface area contributed by atoms with Crippen LogP contribution in [0, 0.1) is 5.92 Å². The molecule has 1 fully saturated rings. The molecule has 10 heteroatoms. The lowest BCUT2D eigenvalue weighted by Gasteiger charge is -2.26. The highest BCUT2D eigenvalue weighted by Crippen LogP contribution is 2.28. The monoisotopic (exact) mass is 498 g/mol. The van der Waals surface area contributed by atoms with Crippen LogP contribution in [0.4, 0.5) is 11.4 Å². The third-order valence-electron chi connectivity index (χ3n) is 5.79. The van der Waals surface area contributed by atoms with E-state index in [1.165, 1.54) is 30.6 Å². The van der Waals surface area contributed by atoms with Crippen LogP contribution >= 0.6 is 22.9 Å². The summed E-state index contributed by atoms with van der Waals surface area (Å²) in [5.41, 5.74) is 1.43. The maximum Gasteiger partial charge on any atom is 0.263 e. The molecule has 0 aliphatic heterocycles. The van der Waals surface area contributed by atoms with Crippen molar-refractivity contribution in [2.45, 2.75) is 51.1 Å². The highest BCUT2D eigenvalue weighted by Gasteiger charge is 2.27. The van der Waals surface area contributed by atoms with E-state index in [4.69, 9.17) is 11.6 Å². The molecule has 4 rings (SSSR count). The number of aromatic nitrogens is 3. The van der Waals surface area contributed by atoms with Crippen molar-refractivity contribution in [3.63, 3.8) is 0 Å². The van der Waals surface area contributed by atoms with Gasteiger partial charge in [-0.15, -0.1) is 11.3 Å². The Kier molecular flexibility index (Phi) is 8.43. The van der Waals surface area contributed by atoms with E-state index in [1.807, 2.05) is 0 Å². The molecule has 0 aromatic carbocycles. The van der Waals surface area contributed by atoms with Gasteiger partial charge in [-0.3, -0.25) is 19.6 Å². The third-order valence-corrected chi connectivity index (χ3v) is 6.99. The molecule has 0 bridgehead atoms. The summed E-state index contributed by atoms with van der Waals surface area (Å²) in [5.74, 6) is -0.0846. The van der Waals surface area contributed by atoms with Crippen molar-refractivity contribution in [3.05, 3.63) is 64.1 Å². The Labute approximate surface area is 207 Å². The Morgan fingerprint density at radius 1 is 1.06 bits per heavy atom. The van der Waals surface area contributed by atoms with Crippen LogP contribution in [0.2, 0.25) is 5.02 Å². The van der Waals surface area contributed by atoms with Gasteiger partial charge in [0, 0.05) is 24.3 Å². The van der Waals surface area contributed by atoms with Crippen LogP contribution in [0.15, 0.2) is 49.2 Å². The molecule has 1 saturated carbocycles. The molecule has 1 atom stereocenters. The number of anilines is 2. The second kappa shape index (κ2) is 11.9. The van der Waals surface area contributed by atoms with E-state index >= 15 is 0 Å². The summed E-state index contributed by atoms with van der Waals surface area (Å²) >= 11 is 7.25. The van der Waals surface area contributed by atoms with Crippen LogP contribution in [0.1, 0.15) is 53.2 Å². The van der Waals surface area contributed by atoms with Crippen molar-refractivity contribution in [2.24, 2.45) is 5.92 Å². The van der Waals surface area contributed by atoms with E-state index in [9.17, 15) is 9.59 Å². The minimum Gasteiger partial charge on any atom is -0.377 e. The van der Waals surface area contributed by atoms with E-state index in [-0.39, 0.29) is 11.8 Å². The quantitative estimate of drug-likeness (QED) is 0.387. The molecule has 34 heavy (non-hydrogen) atoms. The molecule has 178 valence electrons. The maximum atomic E-state index is 13.1. The third kappa shape index (κ3) is 6.98. The molecule has 0 radical (unpaired) electrons. The Morgan fingerprint density at radius 2 is 1.85 bits per heavy atom. The van der Waals surface area contributed by atoms with Crippen molar-refractivity contribution in [3.8, 4) is 0 Å². The van der Waals surface area contributed by atoms with Crippen molar-refractivity contribution >= 4 is 46.1 Å². The topological polar surface area (TPSA) is 109 Å². The SMILES string of the molecule is O=C(N[C@@H](CC1CCCCC1)C(=O)Nc1ccncc1)c1cnc(CNc2cncc(Cl)c2)s1. The van der Waals surface area contributed by atoms with Gasteiger partial charge in [0.1, 0.15) is 15.9 Å². The number of pyridine rings is 2. The standard InChI is InChI=1S/C24H27ClN6O2S/c25-17-11-19(13-27-12-17)28-15-22-29-14-21(34-22)24(33)31-20(10-16-4-2-1-3-5-16)23(32)30-18-6-8-26-9-7-18/h6-9,11-14,16,20,28H,1-5,10,15H2,(H,31,33)(H,26,30,32)/t20-/m0/s1. The van der Waals surface area contributed by atoms with Crippen LogP contribution in [-0.4, -0.2) is 32.8 Å². The number of rotatable bonds is 9. The predicted octanol–water partition coefficient (Wildman–Crippen LogP) is 4.91. The average Bonchev–Trinajstić information content (AvgIpc) is 3.33. The Bertz CT molecular complexity index is 1100. The number of hydrogen-bond acceptors (Lipinski definition) is 7. The van der Waals surface area contributed by atoms with Crippen molar-refractivity contribution in [1.29, 1.82) is 0 Å². The number of hydrogen-bond donors (Lipinski definition) is 3. The van der Waals surface area contributed by atoms with Crippen LogP contribution in [-0.2, 0) is 11.3 Å². The van der Waals surface area contributed by atoms with Gasteiger partial charge in [0.25, 0.3) is 5.91 Å². The zero-order valence-electron chi connectivity index (χ0n) is 18.7. The Hall–Kier alpha value is -3.04. The van der Waals surface area contributed by atoms with Gasteiger partial charge in [-0.05, 0) is 30.5 Å². The minimum absolute atomic E-state index is 0.218. The number of halogens is 1. The molecule has 0 unspecified atom stereocenters. The van der Waals surface area contributed by atoms with Gasteiger partial charge in [-0.1, -0.05) is 43.7 Å². The molecule has 3 aromatic heterocycles. The van der Waals surface area contributed by atoms with E-state index < -0.39 is 6.04 Å². The minimum atomic E-state index is -0.620. The second-order valence-corrected chi connectivity index (χ2v) is 9.91. The van der Waals surface area contributed by atoms with Crippen LogP contribution in [0.3, 0.4) is 0 Å². The number of carbonyl (C=O) groups excluding carboxylic acids is 2. The molecule has 1 aliphatic rings. The lowest BCUT2D eigenvalue weighted by Crippen LogP contribution is -2.45. The molecule has 1 aliphatic carbocycles. The van der Waals surface area contributed by atoms with Crippen molar-refractivity contribution < 1.29 is 9.59 Å². The van der Waals surface area contributed by atoms with E-state index in [2.05, 4.69) is 30.9 Å². The van der Waals surface area contributed by atoms with Gasteiger partial charge in [0.15, 0.2) is 0 Å². The van der Waals surface area contributed by atoms with E-state index in [0.29, 0.717) is 34.5 Å². The summed E-state index contributed by atoms with van der Waals surface area (Å²) < 4.78 is 0. The van der Waals surface area contributed by atoms with Gasteiger partial charge in [0.2, 0.25) is 5.91 Å². The van der Waals surface area contributed by atoms with Crippen LogP contribution < -0.4 is 16.0 Å². The summed E-state index contributed by atoms with van der Waals surface area (Å²) in [7, 11) is 0.